The van der Waals surface area contributed by atoms with Crippen molar-refractivity contribution < 1.29 is 14.3 Å². The molecule has 0 aromatic carbocycles. The van der Waals surface area contributed by atoms with Crippen LogP contribution in [0.5, 0.6) is 0 Å². The van der Waals surface area contributed by atoms with Crippen LogP contribution >= 0.6 is 0 Å². The fourth-order valence-corrected chi connectivity index (χ4v) is 0.739. The molecule has 4 nitrogen and oxygen atoms in total. The Kier molecular flexibility index (Phi) is 7.02. The van der Waals surface area contributed by atoms with Crippen molar-refractivity contribution in [3.63, 3.8) is 0 Å². The minimum Gasteiger partial charge on any atom is -0.372 e. The van der Waals surface area contributed by atoms with E-state index in [2.05, 4.69) is 5.32 Å². The summed E-state index contributed by atoms with van der Waals surface area (Å²) in [4.78, 5) is 21.9. The predicted molar refractivity (Wildman–Crippen MR) is 54.0 cm³/mol. The molecule has 0 rings (SSSR count). The van der Waals surface area contributed by atoms with Crippen molar-refractivity contribution in [2.24, 2.45) is 5.92 Å². The molecule has 0 aliphatic rings. The fraction of sp³-hybridized carbons (Fsp3) is 0.800. The highest BCUT2D eigenvalue weighted by molar-refractivity contribution is 5.79. The van der Waals surface area contributed by atoms with Gasteiger partial charge in [0.25, 0.3) is 0 Å². The second-order valence-corrected chi connectivity index (χ2v) is 3.39. The fourth-order valence-electron chi connectivity index (χ4n) is 0.739. The number of rotatable bonds is 7. The maximum Gasteiger partial charge on any atom is 0.222 e. The number of nitrogens with one attached hydrogen (secondary N) is 1. The van der Waals surface area contributed by atoms with Crippen LogP contribution in [0.25, 0.3) is 0 Å². The van der Waals surface area contributed by atoms with E-state index in [9.17, 15) is 9.59 Å². The molecule has 0 saturated carbocycles. The normalized spacial score (nSPS) is 10.3. The maximum atomic E-state index is 11.1. The number of ketones is 1. The Morgan fingerprint density at radius 1 is 1.36 bits per heavy atom. The van der Waals surface area contributed by atoms with Gasteiger partial charge in [-0.3, -0.25) is 9.59 Å². The van der Waals surface area contributed by atoms with E-state index in [0.29, 0.717) is 19.6 Å². The van der Waals surface area contributed by atoms with E-state index >= 15 is 0 Å². The lowest BCUT2D eigenvalue weighted by Gasteiger charge is -2.07. The van der Waals surface area contributed by atoms with Crippen LogP contribution in [-0.4, -0.2) is 31.4 Å². The monoisotopic (exact) mass is 201 g/mol. The summed E-state index contributed by atoms with van der Waals surface area (Å²) < 4.78 is 5.05. The van der Waals surface area contributed by atoms with E-state index in [4.69, 9.17) is 4.74 Å². The Hall–Kier alpha value is -0.900. The second kappa shape index (κ2) is 7.50. The number of hydrogen-bond acceptors (Lipinski definition) is 3. The van der Waals surface area contributed by atoms with Crippen LogP contribution in [0.15, 0.2) is 0 Å². The largest absolute Gasteiger partial charge is 0.372 e. The average molecular weight is 201 g/mol. The van der Waals surface area contributed by atoms with Gasteiger partial charge in [-0.1, -0.05) is 20.8 Å². The van der Waals surface area contributed by atoms with Crippen molar-refractivity contribution in [2.45, 2.75) is 27.2 Å². The summed E-state index contributed by atoms with van der Waals surface area (Å²) in [6, 6.07) is 0. The smallest absolute Gasteiger partial charge is 0.222 e. The Morgan fingerprint density at radius 3 is 2.50 bits per heavy atom. The van der Waals surface area contributed by atoms with Gasteiger partial charge in [0.1, 0.15) is 6.61 Å². The van der Waals surface area contributed by atoms with Gasteiger partial charge in [-0.2, -0.15) is 0 Å². The Morgan fingerprint density at radius 2 is 2.00 bits per heavy atom. The summed E-state index contributed by atoms with van der Waals surface area (Å²) in [5.74, 6) is 0.0860. The third kappa shape index (κ3) is 6.60. The van der Waals surface area contributed by atoms with Crippen LogP contribution in [0, 0.1) is 5.92 Å². The van der Waals surface area contributed by atoms with Crippen LogP contribution in [0.1, 0.15) is 27.2 Å². The predicted octanol–water partition coefficient (Wildman–Crippen LogP) is 0.754. The third-order valence-corrected chi connectivity index (χ3v) is 1.73. The first kappa shape index (κ1) is 13.1. The molecule has 0 saturated heterocycles. The minimum atomic E-state index is -0.00715. The number of hydrogen-bond donors (Lipinski definition) is 1. The summed E-state index contributed by atoms with van der Waals surface area (Å²) >= 11 is 0. The number of carbonyl (C=O) groups is 2. The Labute approximate surface area is 85.0 Å². The lowest BCUT2D eigenvalue weighted by Crippen LogP contribution is -2.31. The molecule has 14 heavy (non-hydrogen) atoms. The van der Waals surface area contributed by atoms with Gasteiger partial charge in [0.05, 0.1) is 6.61 Å². The average Bonchev–Trinajstić information content (AvgIpc) is 2.16. The quantitative estimate of drug-likeness (QED) is 0.618. The van der Waals surface area contributed by atoms with Crippen molar-refractivity contribution >= 4 is 11.7 Å². The van der Waals surface area contributed by atoms with Crippen molar-refractivity contribution in [1.29, 1.82) is 0 Å². The van der Waals surface area contributed by atoms with E-state index < -0.39 is 0 Å². The third-order valence-electron chi connectivity index (χ3n) is 1.73. The molecule has 0 spiro atoms. The lowest BCUT2D eigenvalue weighted by molar-refractivity contribution is -0.124. The minimum absolute atomic E-state index is 0.00715. The Bertz CT molecular complexity index is 190. The van der Waals surface area contributed by atoms with Crippen LogP contribution in [0.2, 0.25) is 0 Å². The van der Waals surface area contributed by atoms with Crippen molar-refractivity contribution in [3.05, 3.63) is 0 Å². The maximum absolute atomic E-state index is 11.1. The summed E-state index contributed by atoms with van der Waals surface area (Å²) in [6.07, 6.45) is 0.498. The highest BCUT2D eigenvalue weighted by atomic mass is 16.5. The molecule has 0 aliphatic heterocycles. The molecule has 0 aliphatic carbocycles. The summed E-state index contributed by atoms with van der Waals surface area (Å²) in [7, 11) is 0. The molecule has 0 unspecified atom stereocenters. The number of Topliss-reactive ketones (excluding diaryl/α,β-unsaturated/α-hetero) is 1. The molecule has 0 aromatic heterocycles. The first-order valence-corrected chi connectivity index (χ1v) is 4.95. The van der Waals surface area contributed by atoms with Gasteiger partial charge in [0, 0.05) is 18.9 Å². The second-order valence-electron chi connectivity index (χ2n) is 3.39. The zero-order chi connectivity index (χ0) is 11.0. The molecule has 0 heterocycles. The molecule has 0 fully saturated rings. The van der Waals surface area contributed by atoms with Crippen LogP contribution in [0.4, 0.5) is 0 Å². The van der Waals surface area contributed by atoms with E-state index in [-0.39, 0.29) is 24.2 Å². The summed E-state index contributed by atoms with van der Waals surface area (Å²) in [5.41, 5.74) is 0. The zero-order valence-electron chi connectivity index (χ0n) is 9.13. The van der Waals surface area contributed by atoms with Gasteiger partial charge in [-0.15, -0.1) is 0 Å². The van der Waals surface area contributed by atoms with Crippen molar-refractivity contribution in [2.75, 3.05) is 19.8 Å². The van der Waals surface area contributed by atoms with Gasteiger partial charge >= 0.3 is 0 Å². The van der Waals surface area contributed by atoms with Gasteiger partial charge in [0.2, 0.25) is 5.91 Å². The highest BCUT2D eigenvalue weighted by Gasteiger charge is 2.04. The SMILES string of the molecule is CCC(=O)COCCNC(=O)C(C)C. The molecule has 0 bridgehead atoms. The first-order chi connectivity index (χ1) is 6.57. The molecule has 0 aromatic rings. The number of ether oxygens (including phenoxy) is 1. The van der Waals surface area contributed by atoms with E-state index in [0.717, 1.165) is 0 Å². The topological polar surface area (TPSA) is 55.4 Å². The first-order valence-electron chi connectivity index (χ1n) is 4.95. The van der Waals surface area contributed by atoms with Gasteiger partial charge in [-0.25, -0.2) is 0 Å². The van der Waals surface area contributed by atoms with Crippen LogP contribution in [0.3, 0.4) is 0 Å². The zero-order valence-corrected chi connectivity index (χ0v) is 9.13. The van der Waals surface area contributed by atoms with Crippen LogP contribution < -0.4 is 5.32 Å². The number of amides is 1. The van der Waals surface area contributed by atoms with E-state index in [1.54, 1.807) is 6.92 Å². The van der Waals surface area contributed by atoms with Gasteiger partial charge in [-0.05, 0) is 0 Å². The van der Waals surface area contributed by atoms with E-state index in [1.807, 2.05) is 13.8 Å². The van der Waals surface area contributed by atoms with E-state index in [1.165, 1.54) is 0 Å². The van der Waals surface area contributed by atoms with Gasteiger partial charge in [0.15, 0.2) is 5.78 Å². The molecule has 4 heteroatoms. The molecule has 82 valence electrons. The molecule has 0 atom stereocenters. The molecular formula is C10H19NO3. The van der Waals surface area contributed by atoms with Crippen molar-refractivity contribution in [1.82, 2.24) is 5.32 Å². The highest BCUT2D eigenvalue weighted by Crippen LogP contribution is 1.89. The summed E-state index contributed by atoms with van der Waals surface area (Å²) in [5, 5.41) is 2.70. The Balaban J connectivity index is 3.30. The van der Waals surface area contributed by atoms with Crippen molar-refractivity contribution in [3.8, 4) is 0 Å². The lowest BCUT2D eigenvalue weighted by atomic mass is 10.2. The van der Waals surface area contributed by atoms with Gasteiger partial charge < -0.3 is 10.1 Å². The number of carbonyl (C=O) groups excluding carboxylic acids is 2. The molecule has 0 radical (unpaired) electrons. The summed E-state index contributed by atoms with van der Waals surface area (Å²) in [6.45, 7) is 6.46. The molecular weight excluding hydrogens is 182 g/mol. The molecule has 1 amide bonds. The van der Waals surface area contributed by atoms with Crippen LogP contribution in [-0.2, 0) is 14.3 Å². The standard InChI is InChI=1S/C10H19NO3/c1-4-9(12)7-14-6-5-11-10(13)8(2)3/h8H,4-7H2,1-3H3,(H,11,13). The molecule has 1 N–H and O–H groups in total.